The molecule has 2 aromatic rings. The van der Waals surface area contributed by atoms with E-state index in [2.05, 4.69) is 26.2 Å². The van der Waals surface area contributed by atoms with E-state index in [4.69, 9.17) is 5.73 Å². The molecular formula is C11H12BrN3S. The number of nitrogen functional groups attached to an aromatic ring is 1. The average Bonchev–Trinajstić information content (AvgIpc) is 2.66. The van der Waals surface area contributed by atoms with Crippen molar-refractivity contribution in [3.63, 3.8) is 0 Å². The molecule has 0 aliphatic carbocycles. The van der Waals surface area contributed by atoms with Gasteiger partial charge in [-0.25, -0.2) is 4.98 Å². The van der Waals surface area contributed by atoms with Crippen LogP contribution >= 0.6 is 27.3 Å². The van der Waals surface area contributed by atoms with E-state index in [1.54, 1.807) is 11.3 Å². The SMILES string of the molecule is Cc1csc(CNc2cc(Br)ccc2N)n1. The molecule has 84 valence electrons. The van der Waals surface area contributed by atoms with Gasteiger partial charge in [-0.2, -0.15) is 0 Å². The van der Waals surface area contributed by atoms with Gasteiger partial charge in [-0.15, -0.1) is 11.3 Å². The molecule has 0 unspecified atom stereocenters. The van der Waals surface area contributed by atoms with Crippen molar-refractivity contribution < 1.29 is 0 Å². The molecule has 0 radical (unpaired) electrons. The van der Waals surface area contributed by atoms with Crippen LogP contribution in [0.1, 0.15) is 10.7 Å². The first-order valence-corrected chi connectivity index (χ1v) is 6.52. The minimum atomic E-state index is 0.708. The summed E-state index contributed by atoms with van der Waals surface area (Å²) < 4.78 is 1.01. The molecule has 3 nitrogen and oxygen atoms in total. The number of hydrogen-bond donors (Lipinski definition) is 2. The molecule has 0 saturated heterocycles. The minimum Gasteiger partial charge on any atom is -0.397 e. The lowest BCUT2D eigenvalue weighted by Gasteiger charge is -2.07. The third kappa shape index (κ3) is 2.74. The van der Waals surface area contributed by atoms with Crippen molar-refractivity contribution >= 4 is 38.6 Å². The van der Waals surface area contributed by atoms with Gasteiger partial charge in [-0.05, 0) is 25.1 Å². The Morgan fingerprint density at radius 3 is 3.00 bits per heavy atom. The van der Waals surface area contributed by atoms with E-state index in [1.165, 1.54) is 0 Å². The third-order valence-corrected chi connectivity index (χ3v) is 3.57. The summed E-state index contributed by atoms with van der Waals surface area (Å²) in [7, 11) is 0. The summed E-state index contributed by atoms with van der Waals surface area (Å²) in [5.74, 6) is 0. The van der Waals surface area contributed by atoms with Crippen LogP contribution in [-0.4, -0.2) is 4.98 Å². The van der Waals surface area contributed by atoms with Gasteiger partial charge < -0.3 is 11.1 Å². The molecule has 0 aliphatic rings. The van der Waals surface area contributed by atoms with Gasteiger partial charge in [0, 0.05) is 15.5 Å². The molecule has 0 bridgehead atoms. The monoisotopic (exact) mass is 297 g/mol. The van der Waals surface area contributed by atoms with Crippen LogP contribution in [0.4, 0.5) is 11.4 Å². The maximum atomic E-state index is 5.86. The van der Waals surface area contributed by atoms with Crippen molar-refractivity contribution in [2.75, 3.05) is 11.1 Å². The van der Waals surface area contributed by atoms with Crippen molar-refractivity contribution in [1.29, 1.82) is 0 Å². The smallest absolute Gasteiger partial charge is 0.112 e. The second-order valence-electron chi connectivity index (χ2n) is 3.47. The van der Waals surface area contributed by atoms with E-state index in [-0.39, 0.29) is 0 Å². The van der Waals surface area contributed by atoms with Gasteiger partial charge in [0.15, 0.2) is 0 Å². The number of nitrogens with two attached hydrogens (primary N) is 1. The van der Waals surface area contributed by atoms with E-state index in [0.717, 1.165) is 26.5 Å². The fourth-order valence-electron chi connectivity index (χ4n) is 1.34. The van der Waals surface area contributed by atoms with Gasteiger partial charge in [0.25, 0.3) is 0 Å². The van der Waals surface area contributed by atoms with Crippen LogP contribution in [0.15, 0.2) is 28.1 Å². The van der Waals surface area contributed by atoms with Crippen LogP contribution in [0.5, 0.6) is 0 Å². The molecule has 0 spiro atoms. The first-order valence-electron chi connectivity index (χ1n) is 4.85. The highest BCUT2D eigenvalue weighted by atomic mass is 79.9. The number of nitrogens with zero attached hydrogens (tertiary/aromatic N) is 1. The number of anilines is 2. The van der Waals surface area contributed by atoms with Crippen molar-refractivity contribution in [3.05, 3.63) is 38.8 Å². The maximum absolute atomic E-state index is 5.86. The lowest BCUT2D eigenvalue weighted by Crippen LogP contribution is -2.02. The Morgan fingerprint density at radius 2 is 2.31 bits per heavy atom. The summed E-state index contributed by atoms with van der Waals surface area (Å²) in [5, 5.41) is 6.39. The zero-order chi connectivity index (χ0) is 11.5. The van der Waals surface area contributed by atoms with Gasteiger partial charge in [-0.1, -0.05) is 15.9 Å². The van der Waals surface area contributed by atoms with E-state index >= 15 is 0 Å². The van der Waals surface area contributed by atoms with Crippen LogP contribution in [0.25, 0.3) is 0 Å². The summed E-state index contributed by atoms with van der Waals surface area (Å²) in [6, 6.07) is 5.77. The quantitative estimate of drug-likeness (QED) is 0.854. The van der Waals surface area contributed by atoms with Crippen molar-refractivity contribution in [2.45, 2.75) is 13.5 Å². The summed E-state index contributed by atoms with van der Waals surface area (Å²) in [6.07, 6.45) is 0. The Bertz CT molecular complexity index is 496. The van der Waals surface area contributed by atoms with E-state index < -0.39 is 0 Å². The molecule has 16 heavy (non-hydrogen) atoms. The van der Waals surface area contributed by atoms with Crippen LogP contribution in [0.3, 0.4) is 0 Å². The van der Waals surface area contributed by atoms with E-state index in [1.807, 2.05) is 30.5 Å². The molecule has 0 saturated carbocycles. The number of aromatic nitrogens is 1. The predicted molar refractivity (Wildman–Crippen MR) is 72.7 cm³/mol. The molecule has 0 aliphatic heterocycles. The number of hydrogen-bond acceptors (Lipinski definition) is 4. The average molecular weight is 298 g/mol. The van der Waals surface area contributed by atoms with Crippen molar-refractivity contribution in [3.8, 4) is 0 Å². The molecule has 0 amide bonds. The highest BCUT2D eigenvalue weighted by Gasteiger charge is 2.02. The Kier molecular flexibility index (Phi) is 3.46. The van der Waals surface area contributed by atoms with Gasteiger partial charge in [-0.3, -0.25) is 0 Å². The Hall–Kier alpha value is -1.07. The summed E-state index contributed by atoms with van der Waals surface area (Å²) in [5.41, 5.74) is 8.60. The standard InChI is InChI=1S/C11H12BrN3S/c1-7-6-16-11(15-7)5-14-10-4-8(12)2-3-9(10)13/h2-4,6,14H,5,13H2,1H3. The van der Waals surface area contributed by atoms with Gasteiger partial charge in [0.05, 0.1) is 17.9 Å². The Morgan fingerprint density at radius 1 is 1.50 bits per heavy atom. The largest absolute Gasteiger partial charge is 0.397 e. The predicted octanol–water partition coefficient (Wildman–Crippen LogP) is 3.41. The molecular weight excluding hydrogens is 286 g/mol. The fraction of sp³-hybridized carbons (Fsp3) is 0.182. The number of nitrogens with one attached hydrogen (secondary N) is 1. The Balaban J connectivity index is 2.07. The van der Waals surface area contributed by atoms with Gasteiger partial charge in [0.1, 0.15) is 5.01 Å². The van der Waals surface area contributed by atoms with E-state index in [0.29, 0.717) is 6.54 Å². The molecule has 3 N–H and O–H groups in total. The topological polar surface area (TPSA) is 50.9 Å². The first kappa shape index (κ1) is 11.4. The molecule has 1 aromatic carbocycles. The summed E-state index contributed by atoms with van der Waals surface area (Å²) >= 11 is 5.07. The number of aryl methyl sites for hydroxylation is 1. The molecule has 0 atom stereocenters. The number of benzene rings is 1. The molecule has 1 heterocycles. The second kappa shape index (κ2) is 4.84. The normalized spacial score (nSPS) is 10.4. The Labute approximate surface area is 107 Å². The lowest BCUT2D eigenvalue weighted by molar-refractivity contribution is 1.08. The molecule has 2 rings (SSSR count). The molecule has 1 aromatic heterocycles. The van der Waals surface area contributed by atoms with Gasteiger partial charge in [0.2, 0.25) is 0 Å². The van der Waals surface area contributed by atoms with Crippen molar-refractivity contribution in [1.82, 2.24) is 4.98 Å². The van der Waals surface area contributed by atoms with Crippen LogP contribution in [0.2, 0.25) is 0 Å². The molecule has 5 heteroatoms. The summed E-state index contributed by atoms with van der Waals surface area (Å²) in [6.45, 7) is 2.70. The fourth-order valence-corrected chi connectivity index (χ4v) is 2.41. The first-order chi connectivity index (χ1) is 7.65. The number of thiazole rings is 1. The van der Waals surface area contributed by atoms with Crippen molar-refractivity contribution in [2.24, 2.45) is 0 Å². The zero-order valence-electron chi connectivity index (χ0n) is 8.83. The van der Waals surface area contributed by atoms with Crippen LogP contribution in [-0.2, 0) is 6.54 Å². The number of rotatable bonds is 3. The van der Waals surface area contributed by atoms with Gasteiger partial charge >= 0.3 is 0 Å². The lowest BCUT2D eigenvalue weighted by atomic mass is 10.3. The third-order valence-electron chi connectivity index (χ3n) is 2.11. The number of halogens is 1. The van der Waals surface area contributed by atoms with E-state index in [9.17, 15) is 0 Å². The molecule has 0 fully saturated rings. The zero-order valence-corrected chi connectivity index (χ0v) is 11.2. The van der Waals surface area contributed by atoms with Crippen LogP contribution in [0, 0.1) is 6.92 Å². The minimum absolute atomic E-state index is 0.708. The summed E-state index contributed by atoms with van der Waals surface area (Å²) in [4.78, 5) is 4.38. The van der Waals surface area contributed by atoms with Crippen LogP contribution < -0.4 is 11.1 Å². The second-order valence-corrected chi connectivity index (χ2v) is 5.33. The maximum Gasteiger partial charge on any atom is 0.112 e. The highest BCUT2D eigenvalue weighted by molar-refractivity contribution is 9.10. The highest BCUT2D eigenvalue weighted by Crippen LogP contribution is 2.24.